The number of halogens is 1. The van der Waals surface area contributed by atoms with Crippen LogP contribution in [0.2, 0.25) is 0 Å². The predicted octanol–water partition coefficient (Wildman–Crippen LogP) is 3.83. The van der Waals surface area contributed by atoms with Crippen molar-refractivity contribution in [3.05, 3.63) is 58.3 Å². The van der Waals surface area contributed by atoms with E-state index in [2.05, 4.69) is 5.32 Å². The molecule has 0 aliphatic rings. The van der Waals surface area contributed by atoms with Gasteiger partial charge in [-0.1, -0.05) is 6.07 Å². The van der Waals surface area contributed by atoms with Crippen molar-refractivity contribution < 1.29 is 13.6 Å². The molecule has 0 saturated heterocycles. The Hall–Kier alpha value is -2.10. The second kappa shape index (κ2) is 5.49. The van der Waals surface area contributed by atoms with Crippen LogP contribution in [0, 0.1) is 26.6 Å². The molecule has 0 saturated carbocycles. The van der Waals surface area contributed by atoms with Crippen LogP contribution in [0.15, 0.2) is 28.7 Å². The third-order valence-electron chi connectivity index (χ3n) is 3.26. The fourth-order valence-corrected chi connectivity index (χ4v) is 2.24. The maximum Gasteiger partial charge on any atom is 0.254 e. The topological polar surface area (TPSA) is 42.2 Å². The van der Waals surface area contributed by atoms with E-state index in [1.165, 1.54) is 12.1 Å². The summed E-state index contributed by atoms with van der Waals surface area (Å²) in [5.74, 6) is 0.628. The van der Waals surface area contributed by atoms with Crippen molar-refractivity contribution in [2.24, 2.45) is 0 Å². The van der Waals surface area contributed by atoms with Gasteiger partial charge >= 0.3 is 0 Å². The molecule has 1 heterocycles. The molecule has 1 unspecified atom stereocenters. The van der Waals surface area contributed by atoms with Crippen LogP contribution in [-0.4, -0.2) is 5.91 Å². The highest BCUT2D eigenvalue weighted by atomic mass is 19.1. The lowest BCUT2D eigenvalue weighted by Gasteiger charge is -2.13. The number of benzene rings is 1. The van der Waals surface area contributed by atoms with Crippen LogP contribution in [0.5, 0.6) is 0 Å². The quantitative estimate of drug-likeness (QED) is 0.924. The van der Waals surface area contributed by atoms with Crippen LogP contribution in [-0.2, 0) is 0 Å². The van der Waals surface area contributed by atoms with Gasteiger partial charge in [-0.3, -0.25) is 4.79 Å². The largest absolute Gasteiger partial charge is 0.466 e. The summed E-state index contributed by atoms with van der Waals surface area (Å²) in [7, 11) is 0. The fourth-order valence-electron chi connectivity index (χ4n) is 2.24. The van der Waals surface area contributed by atoms with Crippen LogP contribution in [0.1, 0.15) is 46.0 Å². The van der Waals surface area contributed by atoms with Crippen LogP contribution < -0.4 is 5.32 Å². The summed E-state index contributed by atoms with van der Waals surface area (Å²) in [4.78, 5) is 12.1. The van der Waals surface area contributed by atoms with E-state index in [9.17, 15) is 9.18 Å². The van der Waals surface area contributed by atoms with Gasteiger partial charge in [0.1, 0.15) is 17.3 Å². The molecule has 1 aromatic carbocycles. The average molecular weight is 275 g/mol. The number of hydrogen-bond donors (Lipinski definition) is 1. The Labute approximate surface area is 117 Å². The van der Waals surface area contributed by atoms with E-state index >= 15 is 0 Å². The average Bonchev–Trinajstić information content (AvgIpc) is 2.68. The molecule has 0 aliphatic carbocycles. The maximum atomic E-state index is 13.8. The zero-order valence-corrected chi connectivity index (χ0v) is 12.1. The van der Waals surface area contributed by atoms with E-state index in [4.69, 9.17) is 4.42 Å². The monoisotopic (exact) mass is 275 g/mol. The highest BCUT2D eigenvalue weighted by Crippen LogP contribution is 2.21. The molecule has 106 valence electrons. The third-order valence-corrected chi connectivity index (χ3v) is 3.26. The molecule has 20 heavy (non-hydrogen) atoms. The lowest BCUT2D eigenvalue weighted by atomic mass is 10.1. The van der Waals surface area contributed by atoms with E-state index in [1.54, 1.807) is 13.0 Å². The summed E-state index contributed by atoms with van der Waals surface area (Å²) in [6.45, 7) is 7.33. The molecule has 0 aliphatic heterocycles. The summed E-state index contributed by atoms with van der Waals surface area (Å²) in [6, 6.07) is 6.22. The highest BCUT2D eigenvalue weighted by Gasteiger charge is 2.18. The Bertz CT molecular complexity index is 646. The van der Waals surface area contributed by atoms with E-state index in [0.29, 0.717) is 0 Å². The van der Waals surface area contributed by atoms with Gasteiger partial charge in [0.15, 0.2) is 0 Å². The highest BCUT2D eigenvalue weighted by molar-refractivity contribution is 5.94. The minimum Gasteiger partial charge on any atom is -0.466 e. The first-order valence-corrected chi connectivity index (χ1v) is 6.52. The first-order valence-electron chi connectivity index (χ1n) is 6.52. The van der Waals surface area contributed by atoms with Crippen molar-refractivity contribution in [1.82, 2.24) is 5.32 Å². The lowest BCUT2D eigenvalue weighted by Crippen LogP contribution is -2.27. The SMILES string of the molecule is Cc1ccc(C(=O)NC(C)c2cc(C)oc2C)c(F)c1. The molecule has 1 aromatic heterocycles. The molecule has 2 aromatic rings. The van der Waals surface area contributed by atoms with Gasteiger partial charge in [0, 0.05) is 5.56 Å². The van der Waals surface area contributed by atoms with Crippen molar-refractivity contribution in [3.8, 4) is 0 Å². The summed E-state index contributed by atoms with van der Waals surface area (Å²) in [5, 5.41) is 2.79. The standard InChI is InChI=1S/C16H18FNO2/c1-9-5-6-13(15(17)7-9)16(19)18-11(3)14-8-10(2)20-12(14)4/h5-8,11H,1-4H3,(H,18,19). The van der Waals surface area contributed by atoms with Crippen LogP contribution in [0.25, 0.3) is 0 Å². The van der Waals surface area contributed by atoms with Crippen molar-refractivity contribution in [1.29, 1.82) is 0 Å². The summed E-state index contributed by atoms with van der Waals surface area (Å²) in [5.41, 5.74) is 1.75. The first-order chi connectivity index (χ1) is 9.38. The number of nitrogens with one attached hydrogen (secondary N) is 1. The molecule has 4 heteroatoms. The van der Waals surface area contributed by atoms with E-state index in [-0.39, 0.29) is 11.6 Å². The molecular weight excluding hydrogens is 257 g/mol. The van der Waals surface area contributed by atoms with Gasteiger partial charge < -0.3 is 9.73 Å². The number of amides is 1. The van der Waals surface area contributed by atoms with Crippen molar-refractivity contribution in [2.45, 2.75) is 33.7 Å². The molecule has 0 spiro atoms. The van der Waals surface area contributed by atoms with E-state index < -0.39 is 11.7 Å². The number of furan rings is 1. The lowest BCUT2D eigenvalue weighted by molar-refractivity contribution is 0.0935. The maximum absolute atomic E-state index is 13.8. The zero-order valence-electron chi connectivity index (χ0n) is 12.1. The Morgan fingerprint density at radius 2 is 1.95 bits per heavy atom. The second-order valence-corrected chi connectivity index (χ2v) is 5.05. The fraction of sp³-hybridized carbons (Fsp3) is 0.312. The molecular formula is C16H18FNO2. The van der Waals surface area contributed by atoms with Gasteiger partial charge in [0.25, 0.3) is 5.91 Å². The molecule has 1 atom stereocenters. The van der Waals surface area contributed by atoms with Crippen LogP contribution in [0.4, 0.5) is 4.39 Å². The van der Waals surface area contributed by atoms with Gasteiger partial charge in [0.05, 0.1) is 11.6 Å². The number of aryl methyl sites for hydroxylation is 3. The summed E-state index contributed by atoms with van der Waals surface area (Å²) < 4.78 is 19.2. The number of hydrogen-bond acceptors (Lipinski definition) is 2. The third kappa shape index (κ3) is 2.90. The minimum absolute atomic E-state index is 0.0559. The Kier molecular flexibility index (Phi) is 3.93. The molecule has 3 nitrogen and oxygen atoms in total. The molecule has 1 amide bonds. The summed E-state index contributed by atoms with van der Waals surface area (Å²) in [6.07, 6.45) is 0. The van der Waals surface area contributed by atoms with E-state index in [1.807, 2.05) is 26.8 Å². The van der Waals surface area contributed by atoms with Crippen molar-refractivity contribution in [2.75, 3.05) is 0 Å². The Morgan fingerprint density at radius 1 is 1.25 bits per heavy atom. The Balaban J connectivity index is 2.17. The van der Waals surface area contributed by atoms with Gasteiger partial charge in [0.2, 0.25) is 0 Å². The number of carbonyl (C=O) groups is 1. The van der Waals surface area contributed by atoms with Crippen molar-refractivity contribution in [3.63, 3.8) is 0 Å². The zero-order chi connectivity index (χ0) is 14.9. The molecule has 0 fully saturated rings. The molecule has 0 bridgehead atoms. The second-order valence-electron chi connectivity index (χ2n) is 5.05. The van der Waals surface area contributed by atoms with Crippen LogP contribution in [0.3, 0.4) is 0 Å². The molecule has 2 rings (SSSR count). The van der Waals surface area contributed by atoms with Gasteiger partial charge in [-0.2, -0.15) is 0 Å². The molecule has 1 N–H and O–H groups in total. The smallest absolute Gasteiger partial charge is 0.254 e. The summed E-state index contributed by atoms with van der Waals surface area (Å²) >= 11 is 0. The Morgan fingerprint density at radius 3 is 2.50 bits per heavy atom. The predicted molar refractivity (Wildman–Crippen MR) is 75.2 cm³/mol. The van der Waals surface area contributed by atoms with Gasteiger partial charge in [-0.05, 0) is 51.5 Å². The first kappa shape index (κ1) is 14.3. The van der Waals surface area contributed by atoms with Crippen molar-refractivity contribution >= 4 is 5.91 Å². The normalized spacial score (nSPS) is 12.2. The van der Waals surface area contributed by atoms with Crippen LogP contribution >= 0.6 is 0 Å². The minimum atomic E-state index is -0.505. The number of carbonyl (C=O) groups excluding carboxylic acids is 1. The van der Waals surface area contributed by atoms with Gasteiger partial charge in [-0.25, -0.2) is 4.39 Å². The number of rotatable bonds is 3. The van der Waals surface area contributed by atoms with E-state index in [0.717, 1.165) is 22.6 Å². The molecule has 0 radical (unpaired) electrons. The van der Waals surface area contributed by atoms with Gasteiger partial charge in [-0.15, -0.1) is 0 Å².